The highest BCUT2D eigenvalue weighted by Crippen LogP contribution is 2.25. The lowest BCUT2D eigenvalue weighted by atomic mass is 9.96. The van der Waals surface area contributed by atoms with E-state index in [4.69, 9.17) is 0 Å². The molecule has 1 aromatic rings. The molecule has 0 aliphatic carbocycles. The minimum atomic E-state index is -0.0529. The van der Waals surface area contributed by atoms with Crippen molar-refractivity contribution in [1.29, 1.82) is 0 Å². The van der Waals surface area contributed by atoms with Crippen LogP contribution in [-0.4, -0.2) is 53.8 Å². The van der Waals surface area contributed by atoms with Crippen LogP contribution in [0.15, 0.2) is 30.3 Å². The fourth-order valence-electron chi connectivity index (χ4n) is 4.62. The lowest BCUT2D eigenvalue weighted by Crippen LogP contribution is -2.51. The van der Waals surface area contributed by atoms with Gasteiger partial charge in [0.2, 0.25) is 11.8 Å². The number of unbranched alkanes of at least 4 members (excludes halogenated alkanes) is 3. The van der Waals surface area contributed by atoms with Crippen molar-refractivity contribution in [2.45, 2.75) is 70.9 Å². The van der Waals surface area contributed by atoms with Crippen LogP contribution >= 0.6 is 0 Å². The van der Waals surface area contributed by atoms with E-state index in [-0.39, 0.29) is 23.8 Å². The van der Waals surface area contributed by atoms with Crippen molar-refractivity contribution >= 4 is 11.8 Å². The van der Waals surface area contributed by atoms with Crippen molar-refractivity contribution in [3.8, 4) is 0 Å². The minimum Gasteiger partial charge on any atom is -0.356 e. The second-order valence-corrected chi connectivity index (χ2v) is 8.59. The maximum atomic E-state index is 13.3. The number of rotatable bonds is 9. The van der Waals surface area contributed by atoms with Crippen molar-refractivity contribution in [2.75, 3.05) is 26.2 Å². The minimum absolute atomic E-state index is 0.0361. The van der Waals surface area contributed by atoms with E-state index in [0.717, 1.165) is 58.3 Å². The summed E-state index contributed by atoms with van der Waals surface area (Å²) in [5, 5.41) is 3.09. The van der Waals surface area contributed by atoms with Gasteiger partial charge in [-0.25, -0.2) is 0 Å². The molecule has 5 nitrogen and oxygen atoms in total. The molecule has 2 aliphatic rings. The lowest BCUT2D eigenvalue weighted by Gasteiger charge is -2.35. The summed E-state index contributed by atoms with van der Waals surface area (Å²) in [4.78, 5) is 30.1. The van der Waals surface area contributed by atoms with Gasteiger partial charge in [-0.15, -0.1) is 0 Å². The van der Waals surface area contributed by atoms with Crippen LogP contribution in [0.3, 0.4) is 0 Å². The fraction of sp³-hybridized carbons (Fsp3) is 0.667. The van der Waals surface area contributed by atoms with E-state index in [1.807, 2.05) is 11.0 Å². The molecule has 2 saturated heterocycles. The monoisotopic (exact) mass is 399 g/mol. The Morgan fingerprint density at radius 2 is 1.83 bits per heavy atom. The van der Waals surface area contributed by atoms with Crippen LogP contribution in [0.4, 0.5) is 0 Å². The van der Waals surface area contributed by atoms with Gasteiger partial charge in [0.15, 0.2) is 0 Å². The number of nitrogens with zero attached hydrogens (tertiary/aromatic N) is 2. The third-order valence-electron chi connectivity index (χ3n) is 6.31. The zero-order valence-electron chi connectivity index (χ0n) is 17.9. The Hall–Kier alpha value is -1.88. The van der Waals surface area contributed by atoms with Gasteiger partial charge in [0.05, 0.1) is 12.0 Å². The first kappa shape index (κ1) is 21.8. The molecule has 2 unspecified atom stereocenters. The summed E-state index contributed by atoms with van der Waals surface area (Å²) in [5.41, 5.74) is 1.26. The topological polar surface area (TPSA) is 52.7 Å². The number of carbonyl (C=O) groups excluding carboxylic acids is 2. The molecule has 0 radical (unpaired) electrons. The quantitative estimate of drug-likeness (QED) is 0.646. The highest BCUT2D eigenvalue weighted by molar-refractivity contribution is 5.84. The van der Waals surface area contributed by atoms with Crippen LogP contribution in [0.25, 0.3) is 0 Å². The Balaban J connectivity index is 1.50. The van der Waals surface area contributed by atoms with E-state index < -0.39 is 0 Å². The van der Waals surface area contributed by atoms with Gasteiger partial charge in [0.1, 0.15) is 0 Å². The van der Waals surface area contributed by atoms with Crippen molar-refractivity contribution in [1.82, 2.24) is 15.1 Å². The van der Waals surface area contributed by atoms with Gasteiger partial charge in [-0.05, 0) is 44.2 Å². The smallest absolute Gasteiger partial charge is 0.239 e. The first-order chi connectivity index (χ1) is 14.2. The molecule has 2 heterocycles. The number of carbonyl (C=O) groups is 2. The summed E-state index contributed by atoms with van der Waals surface area (Å²) in [6, 6.07) is 10.4. The average molecular weight is 400 g/mol. The highest BCUT2D eigenvalue weighted by atomic mass is 16.2. The second-order valence-electron chi connectivity index (χ2n) is 8.59. The Kier molecular flexibility index (Phi) is 8.53. The van der Waals surface area contributed by atoms with Gasteiger partial charge in [-0.3, -0.25) is 14.5 Å². The van der Waals surface area contributed by atoms with Gasteiger partial charge in [0.25, 0.3) is 0 Å². The van der Waals surface area contributed by atoms with Gasteiger partial charge < -0.3 is 10.2 Å². The maximum absolute atomic E-state index is 13.3. The number of benzene rings is 1. The summed E-state index contributed by atoms with van der Waals surface area (Å²) in [6.07, 6.45) is 8.46. The molecule has 5 heteroatoms. The molecule has 0 saturated carbocycles. The number of hydrogen-bond donors (Lipinski definition) is 1. The Bertz CT molecular complexity index is 649. The van der Waals surface area contributed by atoms with E-state index in [0.29, 0.717) is 6.54 Å². The van der Waals surface area contributed by atoms with Crippen LogP contribution < -0.4 is 5.32 Å². The molecule has 0 spiro atoms. The van der Waals surface area contributed by atoms with Gasteiger partial charge >= 0.3 is 0 Å². The fourth-order valence-corrected chi connectivity index (χ4v) is 4.62. The van der Waals surface area contributed by atoms with E-state index in [9.17, 15) is 9.59 Å². The average Bonchev–Trinajstić information content (AvgIpc) is 3.21. The first-order valence-electron chi connectivity index (χ1n) is 11.5. The Morgan fingerprint density at radius 1 is 1.03 bits per heavy atom. The molecule has 2 aliphatic heterocycles. The van der Waals surface area contributed by atoms with Crippen LogP contribution in [0.2, 0.25) is 0 Å². The Morgan fingerprint density at radius 3 is 2.62 bits per heavy atom. The van der Waals surface area contributed by atoms with Crippen LogP contribution in [0.5, 0.6) is 0 Å². The maximum Gasteiger partial charge on any atom is 0.239 e. The lowest BCUT2D eigenvalue weighted by molar-refractivity contribution is -0.139. The van der Waals surface area contributed by atoms with Crippen LogP contribution in [0.1, 0.15) is 63.9 Å². The van der Waals surface area contributed by atoms with E-state index >= 15 is 0 Å². The van der Waals surface area contributed by atoms with Gasteiger partial charge in [-0.1, -0.05) is 56.5 Å². The van der Waals surface area contributed by atoms with E-state index in [2.05, 4.69) is 41.4 Å². The molecule has 160 valence electrons. The molecule has 2 amide bonds. The van der Waals surface area contributed by atoms with Crippen molar-refractivity contribution in [2.24, 2.45) is 5.92 Å². The predicted octanol–water partition coefficient (Wildman–Crippen LogP) is 3.59. The molecule has 2 fully saturated rings. The summed E-state index contributed by atoms with van der Waals surface area (Å²) in [5.74, 6) is 0.299. The van der Waals surface area contributed by atoms with Gasteiger partial charge in [-0.2, -0.15) is 0 Å². The third kappa shape index (κ3) is 6.30. The van der Waals surface area contributed by atoms with Crippen molar-refractivity contribution < 1.29 is 9.59 Å². The van der Waals surface area contributed by atoms with Crippen molar-refractivity contribution in [3.05, 3.63) is 35.9 Å². The molecule has 29 heavy (non-hydrogen) atoms. The summed E-state index contributed by atoms with van der Waals surface area (Å²) in [7, 11) is 0. The predicted molar refractivity (Wildman–Crippen MR) is 116 cm³/mol. The molecular weight excluding hydrogens is 362 g/mol. The van der Waals surface area contributed by atoms with Crippen LogP contribution in [0, 0.1) is 5.92 Å². The second kappa shape index (κ2) is 11.3. The molecule has 3 rings (SSSR count). The first-order valence-corrected chi connectivity index (χ1v) is 11.5. The molecule has 2 atom stereocenters. The van der Waals surface area contributed by atoms with Gasteiger partial charge in [0, 0.05) is 26.2 Å². The molecule has 1 aromatic carbocycles. The molecule has 0 aromatic heterocycles. The largest absolute Gasteiger partial charge is 0.356 e. The number of hydrogen-bond acceptors (Lipinski definition) is 3. The Labute approximate surface area is 175 Å². The van der Waals surface area contributed by atoms with E-state index in [1.165, 1.54) is 24.8 Å². The summed E-state index contributed by atoms with van der Waals surface area (Å²) < 4.78 is 0. The normalized spacial score (nSPS) is 22.6. The number of nitrogens with one attached hydrogen (secondary N) is 1. The number of piperidine rings is 1. The summed E-state index contributed by atoms with van der Waals surface area (Å²) in [6.45, 7) is 6.12. The van der Waals surface area contributed by atoms with Crippen molar-refractivity contribution in [3.63, 3.8) is 0 Å². The molecule has 1 N–H and O–H groups in total. The standard InChI is InChI=1S/C24H37N3O2/c1-2-3-4-8-15-25-23(28)21-13-9-17-27(19-21)24(29)22-14-10-16-26(22)18-20-11-6-5-7-12-20/h5-7,11-12,21-22H,2-4,8-10,13-19H2,1H3,(H,25,28). The zero-order chi connectivity index (χ0) is 20.5. The SMILES string of the molecule is CCCCCCNC(=O)C1CCCN(C(=O)C2CCCN2Cc2ccccc2)C1. The number of amides is 2. The summed E-state index contributed by atoms with van der Waals surface area (Å²) >= 11 is 0. The molecule has 0 bridgehead atoms. The van der Waals surface area contributed by atoms with Crippen LogP contribution in [-0.2, 0) is 16.1 Å². The molecular formula is C24H37N3O2. The highest BCUT2D eigenvalue weighted by Gasteiger charge is 2.36. The number of likely N-dealkylation sites (tertiary alicyclic amines) is 2. The van der Waals surface area contributed by atoms with E-state index in [1.54, 1.807) is 0 Å². The zero-order valence-corrected chi connectivity index (χ0v) is 17.9. The third-order valence-corrected chi connectivity index (χ3v) is 6.31.